The Bertz CT molecular complexity index is 711. The number of guanidine groups is 1. The van der Waals surface area contributed by atoms with Gasteiger partial charge in [-0.05, 0) is 58.2 Å². The minimum absolute atomic E-state index is 0.0401. The fraction of sp³-hybridized carbons (Fsp3) is 0.619. The van der Waals surface area contributed by atoms with Crippen molar-refractivity contribution in [3.8, 4) is 0 Å². The number of carbonyl (C=O) groups is 1. The van der Waals surface area contributed by atoms with Gasteiger partial charge in [-0.25, -0.2) is 13.8 Å². The second kappa shape index (κ2) is 10.5. The summed E-state index contributed by atoms with van der Waals surface area (Å²) in [6.07, 6.45) is 1.78. The van der Waals surface area contributed by atoms with Crippen LogP contribution in [0.5, 0.6) is 0 Å². The Balaban J connectivity index is 1.82. The van der Waals surface area contributed by atoms with E-state index in [0.29, 0.717) is 19.0 Å². The fourth-order valence-corrected chi connectivity index (χ4v) is 3.16. The molecule has 0 radical (unpaired) electrons. The molecule has 1 fully saturated rings. The minimum atomic E-state index is -0.821. The Kier molecular flexibility index (Phi) is 8.37. The van der Waals surface area contributed by atoms with Crippen molar-refractivity contribution in [1.29, 1.82) is 0 Å². The summed E-state index contributed by atoms with van der Waals surface area (Å²) in [6, 6.07) is 4.28. The number of halogens is 2. The molecule has 6 nitrogen and oxygen atoms in total. The highest BCUT2D eigenvalue weighted by molar-refractivity contribution is 5.83. The third-order valence-electron chi connectivity index (χ3n) is 4.45. The molecule has 0 aliphatic carbocycles. The number of likely N-dealkylation sites (tertiary alicyclic amines) is 1. The molecule has 1 aliphatic rings. The number of benzene rings is 1. The van der Waals surface area contributed by atoms with E-state index in [4.69, 9.17) is 4.74 Å². The lowest BCUT2D eigenvalue weighted by Gasteiger charge is -2.33. The number of hydrogen-bond donors (Lipinski definition) is 2. The lowest BCUT2D eigenvalue weighted by atomic mass is 10.0. The Labute approximate surface area is 171 Å². The van der Waals surface area contributed by atoms with E-state index in [1.165, 1.54) is 12.1 Å². The molecule has 0 unspecified atom stereocenters. The van der Waals surface area contributed by atoms with E-state index in [0.717, 1.165) is 31.5 Å². The summed E-state index contributed by atoms with van der Waals surface area (Å²) in [4.78, 5) is 18.4. The first-order valence-corrected chi connectivity index (χ1v) is 10.1. The van der Waals surface area contributed by atoms with E-state index in [9.17, 15) is 13.6 Å². The Hall–Kier alpha value is -2.22. The Morgan fingerprint density at radius 2 is 1.93 bits per heavy atom. The first-order valence-electron chi connectivity index (χ1n) is 10.1. The third kappa shape index (κ3) is 8.35. The van der Waals surface area contributed by atoms with E-state index in [-0.39, 0.29) is 18.6 Å². The van der Waals surface area contributed by atoms with Crippen LogP contribution in [-0.4, -0.2) is 54.7 Å². The lowest BCUT2D eigenvalue weighted by molar-refractivity contribution is -0.152. The summed E-state index contributed by atoms with van der Waals surface area (Å²) in [5.74, 6) is -1.40. The van der Waals surface area contributed by atoms with E-state index < -0.39 is 17.2 Å². The number of nitrogens with one attached hydrogen (secondary N) is 2. The zero-order valence-electron chi connectivity index (χ0n) is 17.7. The number of hydrogen-bond acceptors (Lipinski definition) is 4. The molecule has 162 valence electrons. The molecule has 1 heterocycles. The summed E-state index contributed by atoms with van der Waals surface area (Å²) >= 11 is 0. The van der Waals surface area contributed by atoms with Gasteiger partial charge >= 0.3 is 5.97 Å². The second-order valence-electron chi connectivity index (χ2n) is 8.22. The van der Waals surface area contributed by atoms with Crippen LogP contribution in [0.25, 0.3) is 0 Å². The number of ether oxygens (including phenoxy) is 1. The normalized spacial score (nSPS) is 16.6. The van der Waals surface area contributed by atoms with Gasteiger partial charge in [-0.1, -0.05) is 6.07 Å². The van der Waals surface area contributed by atoms with Crippen LogP contribution >= 0.6 is 0 Å². The number of nitrogens with zero attached hydrogens (tertiary/aromatic N) is 2. The van der Waals surface area contributed by atoms with Crippen LogP contribution in [0.1, 0.15) is 46.1 Å². The van der Waals surface area contributed by atoms with Crippen LogP contribution in [0.4, 0.5) is 8.78 Å². The number of rotatable bonds is 6. The standard InChI is InChI=1S/C21H32F2N4O2/c1-5-24-20(25-13-19(28)29-21(2,3)4)26-16-8-10-27(11-9-16)14-15-6-7-17(22)18(23)12-15/h6-7,12,16H,5,8-11,13-14H2,1-4H3,(H2,24,25,26). The van der Waals surface area contributed by atoms with E-state index >= 15 is 0 Å². The van der Waals surface area contributed by atoms with Gasteiger partial charge in [0.2, 0.25) is 0 Å². The highest BCUT2D eigenvalue weighted by Crippen LogP contribution is 2.16. The smallest absolute Gasteiger partial charge is 0.328 e. The van der Waals surface area contributed by atoms with Crippen LogP contribution in [0.2, 0.25) is 0 Å². The van der Waals surface area contributed by atoms with Crippen molar-refractivity contribution >= 4 is 11.9 Å². The quantitative estimate of drug-likeness (QED) is 0.429. The molecule has 0 atom stereocenters. The molecule has 0 bridgehead atoms. The van der Waals surface area contributed by atoms with Crippen molar-refractivity contribution in [2.75, 3.05) is 26.2 Å². The van der Waals surface area contributed by atoms with Gasteiger partial charge in [0, 0.05) is 32.2 Å². The first kappa shape index (κ1) is 23.1. The SMILES string of the molecule is CCNC(=NCC(=O)OC(C)(C)C)NC1CCN(Cc2ccc(F)c(F)c2)CC1. The van der Waals surface area contributed by atoms with Gasteiger partial charge < -0.3 is 15.4 Å². The van der Waals surface area contributed by atoms with Crippen LogP contribution in [-0.2, 0) is 16.1 Å². The van der Waals surface area contributed by atoms with Gasteiger partial charge in [0.25, 0.3) is 0 Å². The van der Waals surface area contributed by atoms with Crippen LogP contribution in [0, 0.1) is 11.6 Å². The average molecular weight is 411 g/mol. The molecular formula is C21H32F2N4O2. The molecule has 1 aromatic carbocycles. The molecule has 1 saturated heterocycles. The van der Waals surface area contributed by atoms with Crippen molar-refractivity contribution in [2.24, 2.45) is 4.99 Å². The molecule has 2 N–H and O–H groups in total. The molecule has 2 rings (SSSR count). The number of piperidine rings is 1. The highest BCUT2D eigenvalue weighted by atomic mass is 19.2. The van der Waals surface area contributed by atoms with Gasteiger partial charge in [-0.15, -0.1) is 0 Å². The average Bonchev–Trinajstić information content (AvgIpc) is 2.63. The topological polar surface area (TPSA) is 66.0 Å². The Morgan fingerprint density at radius 1 is 1.24 bits per heavy atom. The molecule has 0 amide bonds. The van der Waals surface area contributed by atoms with Crippen LogP contribution in [0.15, 0.2) is 23.2 Å². The van der Waals surface area contributed by atoms with Gasteiger partial charge in [-0.2, -0.15) is 0 Å². The van der Waals surface area contributed by atoms with Crippen LogP contribution < -0.4 is 10.6 Å². The largest absolute Gasteiger partial charge is 0.459 e. The van der Waals surface area contributed by atoms with Gasteiger partial charge in [-0.3, -0.25) is 9.69 Å². The van der Waals surface area contributed by atoms with E-state index in [1.54, 1.807) is 6.07 Å². The fourth-order valence-electron chi connectivity index (χ4n) is 3.16. The molecule has 1 aromatic rings. The predicted octanol–water partition coefficient (Wildman–Crippen LogP) is 2.83. The maximum absolute atomic E-state index is 13.4. The number of esters is 1. The summed E-state index contributed by atoms with van der Waals surface area (Å²) < 4.78 is 31.7. The number of aliphatic imine (C=N–C) groups is 1. The zero-order chi connectivity index (χ0) is 21.4. The number of carbonyl (C=O) groups excluding carboxylic acids is 1. The highest BCUT2D eigenvalue weighted by Gasteiger charge is 2.21. The maximum atomic E-state index is 13.4. The second-order valence-corrected chi connectivity index (χ2v) is 8.22. The molecule has 29 heavy (non-hydrogen) atoms. The molecule has 0 aromatic heterocycles. The van der Waals surface area contributed by atoms with Crippen LogP contribution in [0.3, 0.4) is 0 Å². The van der Waals surface area contributed by atoms with Crippen molar-refractivity contribution in [3.05, 3.63) is 35.4 Å². The van der Waals surface area contributed by atoms with Crippen molar-refractivity contribution in [1.82, 2.24) is 15.5 Å². The summed E-state index contributed by atoms with van der Waals surface area (Å²) in [5, 5.41) is 6.52. The minimum Gasteiger partial charge on any atom is -0.459 e. The molecule has 0 spiro atoms. The lowest BCUT2D eigenvalue weighted by Crippen LogP contribution is -2.48. The van der Waals surface area contributed by atoms with E-state index in [2.05, 4.69) is 20.5 Å². The summed E-state index contributed by atoms with van der Waals surface area (Å²) in [5.41, 5.74) is 0.237. The molecule has 8 heteroatoms. The van der Waals surface area contributed by atoms with Gasteiger partial charge in [0.1, 0.15) is 12.1 Å². The summed E-state index contributed by atoms with van der Waals surface area (Å²) in [7, 11) is 0. The van der Waals surface area contributed by atoms with Crippen molar-refractivity contribution in [3.63, 3.8) is 0 Å². The molecule has 0 saturated carbocycles. The first-order chi connectivity index (χ1) is 13.7. The Morgan fingerprint density at radius 3 is 2.52 bits per heavy atom. The third-order valence-corrected chi connectivity index (χ3v) is 4.45. The predicted molar refractivity (Wildman–Crippen MR) is 110 cm³/mol. The van der Waals surface area contributed by atoms with Gasteiger partial charge in [0.05, 0.1) is 0 Å². The molecule has 1 aliphatic heterocycles. The van der Waals surface area contributed by atoms with Crippen molar-refractivity contribution < 1.29 is 18.3 Å². The summed E-state index contributed by atoms with van der Waals surface area (Å²) in [6.45, 7) is 10.4. The zero-order valence-corrected chi connectivity index (χ0v) is 17.7. The molecular weight excluding hydrogens is 378 g/mol. The monoisotopic (exact) mass is 410 g/mol. The van der Waals surface area contributed by atoms with Gasteiger partial charge in [0.15, 0.2) is 17.6 Å². The van der Waals surface area contributed by atoms with Crippen molar-refractivity contribution in [2.45, 2.75) is 58.7 Å². The maximum Gasteiger partial charge on any atom is 0.328 e. The van der Waals surface area contributed by atoms with E-state index in [1.807, 2.05) is 27.7 Å².